The molecule has 0 aliphatic carbocycles. The molecule has 8 nitrogen and oxygen atoms in total. The highest BCUT2D eigenvalue weighted by atomic mass is 16.2. The second-order valence-corrected chi connectivity index (χ2v) is 9.05. The molecule has 1 fully saturated rings. The molecule has 2 aliphatic rings. The van der Waals surface area contributed by atoms with Crippen molar-refractivity contribution in [2.75, 3.05) is 16.8 Å². The van der Waals surface area contributed by atoms with E-state index in [9.17, 15) is 14.4 Å². The van der Waals surface area contributed by atoms with Crippen molar-refractivity contribution >= 4 is 40.1 Å². The van der Waals surface area contributed by atoms with E-state index in [0.29, 0.717) is 29.8 Å². The molecule has 2 aliphatic heterocycles. The SMILES string of the molecule is CC12CCC(=O)N1c1ccccc1C(=O)N2CC(=O)Nc1ccc(-n2cnc3ccccc32)cc1. The van der Waals surface area contributed by atoms with Gasteiger partial charge in [-0.2, -0.15) is 0 Å². The van der Waals surface area contributed by atoms with Crippen molar-refractivity contribution in [3.05, 3.63) is 84.7 Å². The van der Waals surface area contributed by atoms with Crippen LogP contribution < -0.4 is 10.2 Å². The topological polar surface area (TPSA) is 87.5 Å². The van der Waals surface area contributed by atoms with Crippen LogP contribution in [0.1, 0.15) is 30.1 Å². The quantitative estimate of drug-likeness (QED) is 0.494. The first-order chi connectivity index (χ1) is 17.0. The van der Waals surface area contributed by atoms with Gasteiger partial charge in [-0.25, -0.2) is 4.98 Å². The minimum atomic E-state index is -0.869. The Balaban J connectivity index is 1.22. The van der Waals surface area contributed by atoms with Gasteiger partial charge in [-0.15, -0.1) is 0 Å². The maximum atomic E-state index is 13.3. The van der Waals surface area contributed by atoms with Crippen LogP contribution in [0.25, 0.3) is 16.7 Å². The van der Waals surface area contributed by atoms with Gasteiger partial charge in [0, 0.05) is 17.8 Å². The van der Waals surface area contributed by atoms with Crippen LogP contribution in [0.4, 0.5) is 11.4 Å². The van der Waals surface area contributed by atoms with Gasteiger partial charge in [-0.3, -0.25) is 23.9 Å². The fourth-order valence-corrected chi connectivity index (χ4v) is 5.16. The maximum Gasteiger partial charge on any atom is 0.258 e. The van der Waals surface area contributed by atoms with E-state index >= 15 is 0 Å². The number of fused-ring (bicyclic) bond motifs is 4. The fourth-order valence-electron chi connectivity index (χ4n) is 5.16. The Hall–Kier alpha value is -4.46. The van der Waals surface area contributed by atoms with Crippen LogP contribution in [0.3, 0.4) is 0 Å². The van der Waals surface area contributed by atoms with Crippen molar-refractivity contribution in [3.63, 3.8) is 0 Å². The highest BCUT2D eigenvalue weighted by Crippen LogP contribution is 2.43. The number of aromatic nitrogens is 2. The van der Waals surface area contributed by atoms with Gasteiger partial charge in [0.05, 0.1) is 22.3 Å². The van der Waals surface area contributed by atoms with Gasteiger partial charge in [0.1, 0.15) is 18.5 Å². The molecule has 174 valence electrons. The Kier molecular flexibility index (Phi) is 4.70. The molecule has 4 aromatic rings. The van der Waals surface area contributed by atoms with Crippen LogP contribution in [0.5, 0.6) is 0 Å². The molecule has 1 unspecified atom stereocenters. The number of benzene rings is 3. The number of para-hydroxylation sites is 3. The first kappa shape index (κ1) is 21.1. The molecule has 1 saturated heterocycles. The summed E-state index contributed by atoms with van der Waals surface area (Å²) in [5.74, 6) is -0.605. The summed E-state index contributed by atoms with van der Waals surface area (Å²) in [6.07, 6.45) is 2.58. The van der Waals surface area contributed by atoms with E-state index in [4.69, 9.17) is 0 Å². The van der Waals surface area contributed by atoms with Gasteiger partial charge in [0.2, 0.25) is 11.8 Å². The molecule has 3 amide bonds. The summed E-state index contributed by atoms with van der Waals surface area (Å²) >= 11 is 0. The van der Waals surface area contributed by atoms with Crippen molar-refractivity contribution in [2.45, 2.75) is 25.4 Å². The Labute approximate surface area is 201 Å². The summed E-state index contributed by atoms with van der Waals surface area (Å²) in [5, 5.41) is 2.89. The fraction of sp³-hybridized carbons (Fsp3) is 0.185. The lowest BCUT2D eigenvalue weighted by Crippen LogP contribution is -2.63. The van der Waals surface area contributed by atoms with Crippen molar-refractivity contribution in [2.24, 2.45) is 0 Å². The van der Waals surface area contributed by atoms with E-state index in [0.717, 1.165) is 16.7 Å². The van der Waals surface area contributed by atoms with Crippen molar-refractivity contribution in [1.29, 1.82) is 0 Å². The highest BCUT2D eigenvalue weighted by molar-refractivity contribution is 6.11. The number of anilines is 2. The summed E-state index contributed by atoms with van der Waals surface area (Å²) in [7, 11) is 0. The standard InChI is InChI=1S/C27H23N5O3/c1-27-15-14-25(34)32(27)22-8-4-2-6-20(22)26(35)31(27)16-24(33)29-18-10-12-19(13-11-18)30-17-28-21-7-3-5-9-23(21)30/h2-13,17H,14-16H2,1H3,(H,29,33). The van der Waals surface area contributed by atoms with E-state index in [-0.39, 0.29) is 24.3 Å². The minimum Gasteiger partial charge on any atom is -0.325 e. The van der Waals surface area contributed by atoms with Crippen LogP contribution in [0, 0.1) is 0 Å². The highest BCUT2D eigenvalue weighted by Gasteiger charge is 2.53. The van der Waals surface area contributed by atoms with Gasteiger partial charge in [0.15, 0.2) is 0 Å². The lowest BCUT2D eigenvalue weighted by Gasteiger charge is -2.48. The minimum absolute atomic E-state index is 0.0412. The monoisotopic (exact) mass is 465 g/mol. The van der Waals surface area contributed by atoms with Crippen LogP contribution in [0.15, 0.2) is 79.1 Å². The Morgan fingerprint density at radius 3 is 2.57 bits per heavy atom. The number of carbonyl (C=O) groups excluding carboxylic acids is 3. The number of hydrogen-bond acceptors (Lipinski definition) is 4. The van der Waals surface area contributed by atoms with E-state index < -0.39 is 5.66 Å². The summed E-state index contributed by atoms with van der Waals surface area (Å²) in [5.41, 5.74) is 3.63. The lowest BCUT2D eigenvalue weighted by molar-refractivity contribution is -0.120. The molecule has 3 aromatic carbocycles. The lowest BCUT2D eigenvalue weighted by atomic mass is 9.98. The van der Waals surface area contributed by atoms with Crippen molar-refractivity contribution in [1.82, 2.24) is 14.5 Å². The molecular formula is C27H23N5O3. The number of nitrogens with one attached hydrogen (secondary N) is 1. The number of rotatable bonds is 4. The molecule has 1 aromatic heterocycles. The Bertz CT molecular complexity index is 1490. The molecular weight excluding hydrogens is 442 g/mol. The third kappa shape index (κ3) is 3.29. The van der Waals surface area contributed by atoms with E-state index in [1.807, 2.05) is 66.1 Å². The van der Waals surface area contributed by atoms with Gasteiger partial charge < -0.3 is 10.2 Å². The molecule has 1 N–H and O–H groups in total. The number of carbonyl (C=O) groups is 3. The molecule has 1 atom stereocenters. The van der Waals surface area contributed by atoms with Crippen molar-refractivity contribution in [3.8, 4) is 5.69 Å². The summed E-state index contributed by atoms with van der Waals surface area (Å²) in [4.78, 5) is 46.7. The third-order valence-electron chi connectivity index (χ3n) is 6.93. The summed E-state index contributed by atoms with van der Waals surface area (Å²) in [6, 6.07) is 22.4. The first-order valence-corrected chi connectivity index (χ1v) is 11.5. The van der Waals surface area contributed by atoms with E-state index in [1.54, 1.807) is 29.4 Å². The molecule has 6 rings (SSSR count). The number of hydrogen-bond donors (Lipinski definition) is 1. The van der Waals surface area contributed by atoms with Crippen LogP contribution in [-0.2, 0) is 9.59 Å². The van der Waals surface area contributed by atoms with Gasteiger partial charge in [0.25, 0.3) is 5.91 Å². The largest absolute Gasteiger partial charge is 0.325 e. The molecule has 8 heteroatoms. The predicted octanol–water partition coefficient (Wildman–Crippen LogP) is 3.96. The Morgan fingerprint density at radius 1 is 1.00 bits per heavy atom. The van der Waals surface area contributed by atoms with Gasteiger partial charge in [-0.05, 0) is 61.9 Å². The Morgan fingerprint density at radius 2 is 1.74 bits per heavy atom. The zero-order valence-corrected chi connectivity index (χ0v) is 19.1. The summed E-state index contributed by atoms with van der Waals surface area (Å²) in [6.45, 7) is 1.70. The van der Waals surface area contributed by atoms with Crippen molar-refractivity contribution < 1.29 is 14.4 Å². The van der Waals surface area contributed by atoms with E-state index in [1.165, 1.54) is 4.90 Å². The maximum absolute atomic E-state index is 13.3. The van der Waals surface area contributed by atoms with Crippen LogP contribution >= 0.6 is 0 Å². The van der Waals surface area contributed by atoms with Crippen LogP contribution in [-0.4, -0.2) is 44.4 Å². The third-order valence-corrected chi connectivity index (χ3v) is 6.93. The molecule has 0 saturated carbocycles. The van der Waals surface area contributed by atoms with Crippen LogP contribution in [0.2, 0.25) is 0 Å². The summed E-state index contributed by atoms with van der Waals surface area (Å²) < 4.78 is 1.98. The molecule has 35 heavy (non-hydrogen) atoms. The normalized spacial score (nSPS) is 19.1. The molecule has 0 bridgehead atoms. The number of imidazole rings is 1. The second-order valence-electron chi connectivity index (χ2n) is 9.05. The predicted molar refractivity (Wildman–Crippen MR) is 132 cm³/mol. The van der Waals surface area contributed by atoms with E-state index in [2.05, 4.69) is 10.3 Å². The average molecular weight is 466 g/mol. The average Bonchev–Trinajstić information content (AvgIpc) is 3.43. The molecule has 3 heterocycles. The first-order valence-electron chi connectivity index (χ1n) is 11.5. The smallest absolute Gasteiger partial charge is 0.258 e. The molecule has 0 spiro atoms. The zero-order valence-electron chi connectivity index (χ0n) is 19.1. The molecule has 0 radical (unpaired) electrons. The van der Waals surface area contributed by atoms with Gasteiger partial charge in [-0.1, -0.05) is 24.3 Å². The zero-order chi connectivity index (χ0) is 24.2. The number of nitrogens with zero attached hydrogens (tertiary/aromatic N) is 4. The second kappa shape index (κ2) is 7.80. The van der Waals surface area contributed by atoms with Gasteiger partial charge >= 0.3 is 0 Å². The number of amides is 3.